The SMILES string of the molecule is Nc1nnc(C=Cc2ccccc2Cl)s1. The molecule has 2 rings (SSSR count). The fourth-order valence-electron chi connectivity index (χ4n) is 1.09. The van der Waals surface area contributed by atoms with Crippen molar-refractivity contribution in [2.75, 3.05) is 5.73 Å². The fraction of sp³-hybridized carbons (Fsp3) is 0. The Labute approximate surface area is 96.2 Å². The van der Waals surface area contributed by atoms with Gasteiger partial charge in [-0.1, -0.05) is 47.2 Å². The number of anilines is 1. The van der Waals surface area contributed by atoms with Crippen molar-refractivity contribution in [3.63, 3.8) is 0 Å². The number of rotatable bonds is 2. The van der Waals surface area contributed by atoms with E-state index in [1.54, 1.807) is 0 Å². The Bertz CT molecular complexity index is 493. The molecule has 2 aromatic rings. The molecule has 2 N–H and O–H groups in total. The molecule has 0 unspecified atom stereocenters. The van der Waals surface area contributed by atoms with E-state index in [-0.39, 0.29) is 0 Å². The van der Waals surface area contributed by atoms with Crippen LogP contribution in [0, 0.1) is 0 Å². The summed E-state index contributed by atoms with van der Waals surface area (Å²) in [4.78, 5) is 0. The standard InChI is InChI=1S/C10H8ClN3S/c11-8-4-2-1-3-7(8)5-6-9-13-14-10(12)15-9/h1-6H,(H2,12,14). The maximum Gasteiger partial charge on any atom is 0.203 e. The largest absolute Gasteiger partial charge is 0.374 e. The summed E-state index contributed by atoms with van der Waals surface area (Å²) in [6, 6.07) is 7.60. The Morgan fingerprint density at radius 3 is 2.67 bits per heavy atom. The van der Waals surface area contributed by atoms with Crippen LogP contribution in [0.5, 0.6) is 0 Å². The van der Waals surface area contributed by atoms with E-state index in [2.05, 4.69) is 10.2 Å². The van der Waals surface area contributed by atoms with Crippen molar-refractivity contribution in [1.82, 2.24) is 10.2 Å². The van der Waals surface area contributed by atoms with E-state index < -0.39 is 0 Å². The molecular formula is C10H8ClN3S. The second kappa shape index (κ2) is 4.42. The lowest BCUT2D eigenvalue weighted by Gasteiger charge is -1.94. The molecule has 0 aliphatic rings. The first kappa shape index (κ1) is 10.1. The number of halogens is 1. The van der Waals surface area contributed by atoms with Gasteiger partial charge in [-0.15, -0.1) is 10.2 Å². The van der Waals surface area contributed by atoms with E-state index in [9.17, 15) is 0 Å². The summed E-state index contributed by atoms with van der Waals surface area (Å²) in [6.45, 7) is 0. The monoisotopic (exact) mass is 237 g/mol. The summed E-state index contributed by atoms with van der Waals surface area (Å²) < 4.78 is 0. The Kier molecular flexibility index (Phi) is 2.99. The average Bonchev–Trinajstić information content (AvgIpc) is 2.63. The van der Waals surface area contributed by atoms with E-state index in [0.717, 1.165) is 10.6 Å². The minimum absolute atomic E-state index is 0.466. The predicted octanol–water partition coefficient (Wildman–Crippen LogP) is 2.94. The smallest absolute Gasteiger partial charge is 0.203 e. The van der Waals surface area contributed by atoms with Gasteiger partial charge in [0.1, 0.15) is 5.01 Å². The molecule has 0 saturated heterocycles. The van der Waals surface area contributed by atoms with Crippen molar-refractivity contribution in [2.24, 2.45) is 0 Å². The molecule has 0 aliphatic heterocycles. The summed E-state index contributed by atoms with van der Waals surface area (Å²) in [6.07, 6.45) is 3.73. The Hall–Kier alpha value is -1.39. The normalized spacial score (nSPS) is 11.0. The number of aromatic nitrogens is 2. The number of nitrogens with zero attached hydrogens (tertiary/aromatic N) is 2. The lowest BCUT2D eigenvalue weighted by Crippen LogP contribution is -1.79. The molecule has 0 radical (unpaired) electrons. The second-order valence-electron chi connectivity index (χ2n) is 2.83. The van der Waals surface area contributed by atoms with Crippen LogP contribution in [0.4, 0.5) is 5.13 Å². The molecule has 1 heterocycles. The second-order valence-corrected chi connectivity index (χ2v) is 4.28. The molecule has 3 nitrogen and oxygen atoms in total. The minimum Gasteiger partial charge on any atom is -0.374 e. The zero-order valence-corrected chi connectivity index (χ0v) is 9.29. The van der Waals surface area contributed by atoms with E-state index >= 15 is 0 Å². The van der Waals surface area contributed by atoms with Crippen molar-refractivity contribution >= 4 is 40.2 Å². The summed E-state index contributed by atoms with van der Waals surface area (Å²) in [5, 5.41) is 9.54. The van der Waals surface area contributed by atoms with Crippen molar-refractivity contribution < 1.29 is 0 Å². The lowest BCUT2D eigenvalue weighted by molar-refractivity contribution is 1.09. The Morgan fingerprint density at radius 1 is 1.20 bits per heavy atom. The van der Waals surface area contributed by atoms with Gasteiger partial charge < -0.3 is 5.73 Å². The third kappa shape index (κ3) is 2.55. The quantitative estimate of drug-likeness (QED) is 0.874. The van der Waals surface area contributed by atoms with Gasteiger partial charge in [0, 0.05) is 5.02 Å². The van der Waals surface area contributed by atoms with Crippen LogP contribution in [-0.4, -0.2) is 10.2 Å². The minimum atomic E-state index is 0.466. The van der Waals surface area contributed by atoms with Crippen LogP contribution < -0.4 is 5.73 Å². The van der Waals surface area contributed by atoms with Gasteiger partial charge in [0.05, 0.1) is 0 Å². The first-order chi connectivity index (χ1) is 7.25. The highest BCUT2D eigenvalue weighted by Gasteiger charge is 1.97. The number of hydrogen-bond acceptors (Lipinski definition) is 4. The van der Waals surface area contributed by atoms with E-state index in [0.29, 0.717) is 10.2 Å². The van der Waals surface area contributed by atoms with Gasteiger partial charge in [-0.3, -0.25) is 0 Å². The number of hydrogen-bond donors (Lipinski definition) is 1. The maximum absolute atomic E-state index is 5.99. The molecule has 1 aromatic carbocycles. The van der Waals surface area contributed by atoms with E-state index in [4.69, 9.17) is 17.3 Å². The van der Waals surface area contributed by atoms with Crippen LogP contribution in [0.25, 0.3) is 12.2 Å². The molecule has 1 aromatic heterocycles. The zero-order chi connectivity index (χ0) is 10.7. The molecule has 0 aliphatic carbocycles. The van der Waals surface area contributed by atoms with Gasteiger partial charge in [-0.05, 0) is 17.7 Å². The molecule has 76 valence electrons. The third-order valence-corrected chi connectivity index (χ3v) is 2.83. The van der Waals surface area contributed by atoms with Crippen LogP contribution in [0.15, 0.2) is 24.3 Å². The van der Waals surface area contributed by atoms with E-state index in [1.807, 2.05) is 36.4 Å². The molecule has 0 fully saturated rings. The van der Waals surface area contributed by atoms with Crippen molar-refractivity contribution in [3.8, 4) is 0 Å². The lowest BCUT2D eigenvalue weighted by atomic mass is 10.2. The Balaban J connectivity index is 2.22. The van der Waals surface area contributed by atoms with Crippen LogP contribution in [0.1, 0.15) is 10.6 Å². The molecule has 0 spiro atoms. The topological polar surface area (TPSA) is 51.8 Å². The van der Waals surface area contributed by atoms with Crippen molar-refractivity contribution in [3.05, 3.63) is 39.9 Å². The Morgan fingerprint density at radius 2 is 2.00 bits per heavy atom. The fourth-order valence-corrected chi connectivity index (χ4v) is 1.80. The maximum atomic E-state index is 5.99. The average molecular weight is 238 g/mol. The van der Waals surface area contributed by atoms with Crippen LogP contribution in [0.3, 0.4) is 0 Å². The molecule has 0 saturated carbocycles. The number of nitrogen functional groups attached to an aromatic ring is 1. The predicted molar refractivity (Wildman–Crippen MR) is 64.7 cm³/mol. The molecule has 15 heavy (non-hydrogen) atoms. The van der Waals surface area contributed by atoms with Crippen LogP contribution >= 0.6 is 22.9 Å². The van der Waals surface area contributed by atoms with Gasteiger partial charge in [-0.25, -0.2) is 0 Å². The summed E-state index contributed by atoms with van der Waals surface area (Å²) >= 11 is 7.33. The molecular weight excluding hydrogens is 230 g/mol. The summed E-state index contributed by atoms with van der Waals surface area (Å²) in [7, 11) is 0. The first-order valence-corrected chi connectivity index (χ1v) is 5.47. The van der Waals surface area contributed by atoms with Gasteiger partial charge >= 0.3 is 0 Å². The highest BCUT2D eigenvalue weighted by Crippen LogP contribution is 2.19. The van der Waals surface area contributed by atoms with Crippen LogP contribution in [-0.2, 0) is 0 Å². The van der Waals surface area contributed by atoms with Crippen LogP contribution in [0.2, 0.25) is 5.02 Å². The molecule has 0 bridgehead atoms. The highest BCUT2D eigenvalue weighted by atomic mass is 35.5. The summed E-state index contributed by atoms with van der Waals surface area (Å²) in [5.41, 5.74) is 6.41. The van der Waals surface area contributed by atoms with Crippen molar-refractivity contribution in [1.29, 1.82) is 0 Å². The first-order valence-electron chi connectivity index (χ1n) is 4.27. The third-order valence-electron chi connectivity index (χ3n) is 1.77. The molecule has 5 heteroatoms. The number of benzene rings is 1. The van der Waals surface area contributed by atoms with E-state index in [1.165, 1.54) is 11.3 Å². The van der Waals surface area contributed by atoms with Gasteiger partial charge in [0.15, 0.2) is 0 Å². The summed E-state index contributed by atoms with van der Waals surface area (Å²) in [5.74, 6) is 0. The molecule has 0 amide bonds. The highest BCUT2D eigenvalue weighted by molar-refractivity contribution is 7.15. The van der Waals surface area contributed by atoms with Crippen molar-refractivity contribution in [2.45, 2.75) is 0 Å². The van der Waals surface area contributed by atoms with Gasteiger partial charge in [0.2, 0.25) is 5.13 Å². The van der Waals surface area contributed by atoms with Gasteiger partial charge in [-0.2, -0.15) is 0 Å². The zero-order valence-electron chi connectivity index (χ0n) is 7.72. The number of nitrogens with two attached hydrogens (primary N) is 1. The molecule has 0 atom stereocenters. The van der Waals surface area contributed by atoms with Gasteiger partial charge in [0.25, 0.3) is 0 Å².